The molecule has 0 amide bonds. The minimum absolute atomic E-state index is 0.106. The van der Waals surface area contributed by atoms with Crippen molar-refractivity contribution in [3.8, 4) is 11.4 Å². The van der Waals surface area contributed by atoms with Gasteiger partial charge in [-0.25, -0.2) is 14.8 Å². The van der Waals surface area contributed by atoms with E-state index in [1.165, 1.54) is 25.7 Å². The molecule has 0 saturated heterocycles. The third-order valence-electron chi connectivity index (χ3n) is 4.52. The lowest BCUT2D eigenvalue weighted by Crippen LogP contribution is -2.15. The third kappa shape index (κ3) is 5.94. The normalized spacial score (nSPS) is 12.0. The number of benzene rings is 1. The summed E-state index contributed by atoms with van der Waals surface area (Å²) in [5, 5.41) is 0. The molecule has 1 aromatic heterocycles. The summed E-state index contributed by atoms with van der Waals surface area (Å²) >= 11 is 0. The third-order valence-corrected chi connectivity index (χ3v) is 4.52. The van der Waals surface area contributed by atoms with Gasteiger partial charge < -0.3 is 4.74 Å². The van der Waals surface area contributed by atoms with Crippen LogP contribution in [0.15, 0.2) is 36.5 Å². The highest BCUT2D eigenvalue weighted by Gasteiger charge is 2.17. The van der Waals surface area contributed by atoms with Gasteiger partial charge in [0.05, 0.1) is 11.7 Å². The molecule has 1 atom stereocenters. The van der Waals surface area contributed by atoms with Gasteiger partial charge in [0.1, 0.15) is 0 Å². The van der Waals surface area contributed by atoms with Crippen LogP contribution in [0.5, 0.6) is 0 Å². The molecule has 1 unspecified atom stereocenters. The number of nitrogens with zero attached hydrogens (tertiary/aromatic N) is 2. The number of esters is 1. The van der Waals surface area contributed by atoms with Crippen molar-refractivity contribution in [2.45, 2.75) is 71.8 Å². The molecule has 0 N–H and O–H groups in total. The van der Waals surface area contributed by atoms with Crippen LogP contribution in [0.25, 0.3) is 11.4 Å². The second-order valence-electron chi connectivity index (χ2n) is 6.71. The molecule has 26 heavy (non-hydrogen) atoms. The van der Waals surface area contributed by atoms with E-state index in [1.807, 2.05) is 38.1 Å². The zero-order valence-corrected chi connectivity index (χ0v) is 16.2. The lowest BCUT2D eigenvalue weighted by Gasteiger charge is -2.13. The fraction of sp³-hybridized carbons (Fsp3) is 0.500. The summed E-state index contributed by atoms with van der Waals surface area (Å²) in [6.45, 7) is 6.12. The van der Waals surface area contributed by atoms with Crippen molar-refractivity contribution in [1.82, 2.24) is 9.97 Å². The van der Waals surface area contributed by atoms with E-state index < -0.39 is 0 Å². The lowest BCUT2D eigenvalue weighted by molar-refractivity contribution is 0.0335. The Bertz CT molecular complexity index is 700. The van der Waals surface area contributed by atoms with Crippen LogP contribution >= 0.6 is 0 Å². The van der Waals surface area contributed by atoms with E-state index >= 15 is 0 Å². The van der Waals surface area contributed by atoms with E-state index in [9.17, 15) is 4.79 Å². The van der Waals surface area contributed by atoms with Gasteiger partial charge in [-0.15, -0.1) is 0 Å². The van der Waals surface area contributed by atoms with Crippen LogP contribution in [-0.2, 0) is 11.2 Å². The van der Waals surface area contributed by atoms with Gasteiger partial charge in [0.25, 0.3) is 0 Å². The molecule has 2 rings (SSSR count). The Morgan fingerprint density at radius 3 is 2.62 bits per heavy atom. The van der Waals surface area contributed by atoms with Crippen LogP contribution in [0.2, 0.25) is 0 Å². The number of ether oxygens (including phenoxy) is 1. The molecule has 0 aliphatic heterocycles. The lowest BCUT2D eigenvalue weighted by atomic mass is 10.1. The molecule has 0 spiro atoms. The summed E-state index contributed by atoms with van der Waals surface area (Å²) in [7, 11) is 0. The first-order valence-electron chi connectivity index (χ1n) is 9.78. The molecular weight excluding hydrogens is 324 g/mol. The van der Waals surface area contributed by atoms with Crippen LogP contribution < -0.4 is 0 Å². The number of aryl methyl sites for hydroxylation is 1. The summed E-state index contributed by atoms with van der Waals surface area (Å²) < 4.78 is 5.49. The first-order chi connectivity index (χ1) is 12.7. The molecule has 0 fully saturated rings. The van der Waals surface area contributed by atoms with Crippen molar-refractivity contribution >= 4 is 5.97 Å². The number of hydrogen-bond acceptors (Lipinski definition) is 4. The van der Waals surface area contributed by atoms with Crippen molar-refractivity contribution < 1.29 is 9.53 Å². The molecule has 0 radical (unpaired) electrons. The van der Waals surface area contributed by atoms with Crippen LogP contribution in [0.1, 0.15) is 75.3 Å². The maximum absolute atomic E-state index is 12.5. The first kappa shape index (κ1) is 20.1. The molecule has 0 bridgehead atoms. The quantitative estimate of drug-likeness (QED) is 0.411. The van der Waals surface area contributed by atoms with E-state index in [0.29, 0.717) is 11.4 Å². The van der Waals surface area contributed by atoms with Crippen LogP contribution in [0.4, 0.5) is 0 Å². The standard InChI is InChI=1S/C22H30N2O2/c1-4-6-7-8-9-12-18-15-16-23-21(24-18)19-13-10-11-14-20(19)22(25)26-17(3)5-2/h10-11,13-17H,4-9,12H2,1-3H3. The maximum Gasteiger partial charge on any atom is 0.339 e. The second-order valence-corrected chi connectivity index (χ2v) is 6.71. The molecule has 140 valence electrons. The van der Waals surface area contributed by atoms with Crippen LogP contribution in [0, 0.1) is 0 Å². The number of rotatable bonds is 10. The monoisotopic (exact) mass is 354 g/mol. The topological polar surface area (TPSA) is 52.1 Å². The van der Waals surface area contributed by atoms with E-state index in [2.05, 4.69) is 16.9 Å². The van der Waals surface area contributed by atoms with Gasteiger partial charge in [-0.1, -0.05) is 57.7 Å². The molecule has 0 saturated carbocycles. The largest absolute Gasteiger partial charge is 0.459 e. The Hall–Kier alpha value is -2.23. The van der Waals surface area contributed by atoms with E-state index in [4.69, 9.17) is 4.74 Å². The smallest absolute Gasteiger partial charge is 0.339 e. The van der Waals surface area contributed by atoms with Gasteiger partial charge in [-0.2, -0.15) is 0 Å². The summed E-state index contributed by atoms with van der Waals surface area (Å²) in [4.78, 5) is 21.6. The zero-order valence-electron chi connectivity index (χ0n) is 16.2. The molecule has 4 heteroatoms. The average molecular weight is 354 g/mol. The van der Waals surface area contributed by atoms with Gasteiger partial charge in [0, 0.05) is 17.5 Å². The summed E-state index contributed by atoms with van der Waals surface area (Å²) in [6, 6.07) is 9.36. The number of unbranched alkanes of at least 4 members (excludes halogenated alkanes) is 4. The highest BCUT2D eigenvalue weighted by atomic mass is 16.5. The fourth-order valence-corrected chi connectivity index (χ4v) is 2.76. The predicted octanol–water partition coefficient (Wildman–Crippen LogP) is 5.61. The Kier molecular flexibility index (Phi) is 8.26. The van der Waals surface area contributed by atoms with Gasteiger partial charge in [0.2, 0.25) is 0 Å². The minimum atomic E-state index is -0.316. The fourth-order valence-electron chi connectivity index (χ4n) is 2.76. The average Bonchev–Trinajstić information content (AvgIpc) is 2.68. The van der Waals surface area contributed by atoms with Crippen molar-refractivity contribution in [3.05, 3.63) is 47.8 Å². The SMILES string of the molecule is CCCCCCCc1ccnc(-c2ccccc2C(=O)OC(C)CC)n1. The van der Waals surface area contributed by atoms with Crippen LogP contribution in [0.3, 0.4) is 0 Å². The molecule has 1 heterocycles. The zero-order chi connectivity index (χ0) is 18.8. The van der Waals surface area contributed by atoms with Crippen molar-refractivity contribution in [3.63, 3.8) is 0 Å². The second kappa shape index (κ2) is 10.7. The Labute approximate surface area is 157 Å². The van der Waals surface area contributed by atoms with Gasteiger partial charge in [-0.05, 0) is 38.3 Å². The molecule has 0 aliphatic rings. The Morgan fingerprint density at radius 2 is 1.85 bits per heavy atom. The molecular formula is C22H30N2O2. The first-order valence-corrected chi connectivity index (χ1v) is 9.78. The number of carbonyl (C=O) groups excluding carboxylic acids is 1. The van der Waals surface area contributed by atoms with E-state index in [1.54, 1.807) is 12.3 Å². The highest BCUT2D eigenvalue weighted by Crippen LogP contribution is 2.22. The predicted molar refractivity (Wildman–Crippen MR) is 105 cm³/mol. The summed E-state index contributed by atoms with van der Waals surface area (Å²) in [6.07, 6.45) is 9.59. The summed E-state index contributed by atoms with van der Waals surface area (Å²) in [5.74, 6) is 0.274. The summed E-state index contributed by atoms with van der Waals surface area (Å²) in [5.41, 5.74) is 2.28. The Morgan fingerprint density at radius 1 is 1.08 bits per heavy atom. The number of carbonyl (C=O) groups is 1. The van der Waals surface area contributed by atoms with Crippen molar-refractivity contribution in [1.29, 1.82) is 0 Å². The minimum Gasteiger partial charge on any atom is -0.459 e. The number of aromatic nitrogens is 2. The van der Waals surface area contributed by atoms with Crippen LogP contribution in [-0.4, -0.2) is 22.0 Å². The van der Waals surface area contributed by atoms with Crippen molar-refractivity contribution in [2.24, 2.45) is 0 Å². The maximum atomic E-state index is 12.5. The van der Waals surface area contributed by atoms with E-state index in [0.717, 1.165) is 30.5 Å². The highest BCUT2D eigenvalue weighted by molar-refractivity contribution is 5.96. The van der Waals surface area contributed by atoms with Crippen molar-refractivity contribution in [2.75, 3.05) is 0 Å². The van der Waals surface area contributed by atoms with E-state index in [-0.39, 0.29) is 12.1 Å². The Balaban J connectivity index is 2.13. The van der Waals surface area contributed by atoms with Gasteiger partial charge in [-0.3, -0.25) is 0 Å². The molecule has 2 aromatic rings. The molecule has 0 aliphatic carbocycles. The van der Waals surface area contributed by atoms with Gasteiger partial charge >= 0.3 is 5.97 Å². The molecule has 1 aromatic carbocycles. The van der Waals surface area contributed by atoms with Gasteiger partial charge in [0.15, 0.2) is 5.82 Å². The number of hydrogen-bond donors (Lipinski definition) is 0. The molecule has 4 nitrogen and oxygen atoms in total.